The van der Waals surface area contributed by atoms with E-state index in [4.69, 9.17) is 5.73 Å². The normalized spacial score (nSPS) is 26.1. The first-order chi connectivity index (χ1) is 9.69. The van der Waals surface area contributed by atoms with Crippen LogP contribution in [0.5, 0.6) is 0 Å². The maximum Gasteiger partial charge on any atom is 0.235 e. The van der Waals surface area contributed by atoms with E-state index in [0.717, 1.165) is 51.5 Å². The van der Waals surface area contributed by atoms with Gasteiger partial charge in [0.15, 0.2) is 0 Å². The van der Waals surface area contributed by atoms with Gasteiger partial charge in [-0.05, 0) is 58.0 Å². The van der Waals surface area contributed by atoms with Crippen LogP contribution in [0.15, 0.2) is 0 Å². The first-order valence-electron chi connectivity index (χ1n) is 7.85. The fourth-order valence-corrected chi connectivity index (χ4v) is 3.52. The second-order valence-electron chi connectivity index (χ2n) is 6.15. The third-order valence-electron chi connectivity index (χ3n) is 4.65. The molecule has 0 radical (unpaired) electrons. The fraction of sp³-hybridized carbons (Fsp3) is 0.867. The molecule has 1 saturated carbocycles. The molecular weight excluding hydrogens is 252 g/mol. The molecule has 0 aromatic carbocycles. The summed E-state index contributed by atoms with van der Waals surface area (Å²) in [6.45, 7) is 2.05. The standard InChI is InChI=1S/C15H26N4O/c16-9-6-13-5-1-4-10-19(13)11-14(20)18-15(12-17)7-2-3-8-15/h13H,1-11,16H2,(H,18,20). The number of hydrogen-bond acceptors (Lipinski definition) is 4. The summed E-state index contributed by atoms with van der Waals surface area (Å²) in [5.41, 5.74) is 5.06. The van der Waals surface area contributed by atoms with E-state index in [1.165, 1.54) is 6.42 Å². The Kier molecular flexibility index (Phi) is 5.38. The number of nitrogens with one attached hydrogen (secondary N) is 1. The zero-order valence-corrected chi connectivity index (χ0v) is 12.2. The Hall–Kier alpha value is -1.12. The Morgan fingerprint density at radius 2 is 2.10 bits per heavy atom. The lowest BCUT2D eigenvalue weighted by Crippen LogP contribution is -2.51. The summed E-state index contributed by atoms with van der Waals surface area (Å²) in [5.74, 6) is -0.00243. The van der Waals surface area contributed by atoms with Gasteiger partial charge in [0.2, 0.25) is 5.91 Å². The summed E-state index contributed by atoms with van der Waals surface area (Å²) < 4.78 is 0. The Morgan fingerprint density at radius 3 is 2.75 bits per heavy atom. The summed E-state index contributed by atoms with van der Waals surface area (Å²) in [4.78, 5) is 14.5. The summed E-state index contributed by atoms with van der Waals surface area (Å²) in [7, 11) is 0. The van der Waals surface area contributed by atoms with Gasteiger partial charge >= 0.3 is 0 Å². The number of carbonyl (C=O) groups is 1. The van der Waals surface area contributed by atoms with Crippen molar-refractivity contribution in [2.75, 3.05) is 19.6 Å². The highest BCUT2D eigenvalue weighted by molar-refractivity contribution is 5.79. The van der Waals surface area contributed by atoms with Crippen LogP contribution in [-0.2, 0) is 4.79 Å². The average Bonchev–Trinajstić information content (AvgIpc) is 2.90. The van der Waals surface area contributed by atoms with Gasteiger partial charge in [0.1, 0.15) is 5.54 Å². The molecule has 2 aliphatic rings. The van der Waals surface area contributed by atoms with Crippen LogP contribution in [0, 0.1) is 11.3 Å². The van der Waals surface area contributed by atoms with Crippen LogP contribution in [0.3, 0.4) is 0 Å². The molecule has 5 heteroatoms. The van der Waals surface area contributed by atoms with Crippen molar-refractivity contribution < 1.29 is 4.79 Å². The van der Waals surface area contributed by atoms with E-state index < -0.39 is 5.54 Å². The zero-order chi connectivity index (χ0) is 14.4. The number of likely N-dealkylation sites (tertiary alicyclic amines) is 1. The molecular formula is C15H26N4O. The molecule has 0 bridgehead atoms. The minimum Gasteiger partial charge on any atom is -0.337 e. The lowest BCUT2D eigenvalue weighted by atomic mass is 9.98. The van der Waals surface area contributed by atoms with E-state index >= 15 is 0 Å². The predicted molar refractivity (Wildman–Crippen MR) is 77.8 cm³/mol. The van der Waals surface area contributed by atoms with Gasteiger partial charge in [-0.2, -0.15) is 5.26 Å². The monoisotopic (exact) mass is 278 g/mol. The summed E-state index contributed by atoms with van der Waals surface area (Å²) in [6.07, 6.45) is 8.12. The van der Waals surface area contributed by atoms with Crippen LogP contribution in [0.25, 0.3) is 0 Å². The summed E-state index contributed by atoms with van der Waals surface area (Å²) in [6, 6.07) is 2.74. The number of rotatable bonds is 5. The lowest BCUT2D eigenvalue weighted by molar-refractivity contribution is -0.124. The Balaban J connectivity index is 1.88. The maximum absolute atomic E-state index is 12.2. The van der Waals surface area contributed by atoms with Crippen LogP contribution < -0.4 is 11.1 Å². The minimum atomic E-state index is -0.601. The number of amides is 1. The van der Waals surface area contributed by atoms with E-state index in [-0.39, 0.29) is 5.91 Å². The van der Waals surface area contributed by atoms with Gasteiger partial charge in [0.25, 0.3) is 0 Å². The number of piperidine rings is 1. The van der Waals surface area contributed by atoms with Crippen molar-refractivity contribution in [3.63, 3.8) is 0 Å². The van der Waals surface area contributed by atoms with E-state index in [0.29, 0.717) is 19.1 Å². The predicted octanol–water partition coefficient (Wildman–Crippen LogP) is 1.14. The Bertz CT molecular complexity index is 369. The molecule has 1 amide bonds. The van der Waals surface area contributed by atoms with E-state index in [1.54, 1.807) is 0 Å². The zero-order valence-electron chi connectivity index (χ0n) is 12.2. The van der Waals surface area contributed by atoms with Crippen molar-refractivity contribution in [2.45, 2.75) is 62.9 Å². The molecule has 1 aliphatic heterocycles. The molecule has 2 fully saturated rings. The van der Waals surface area contributed by atoms with E-state index in [2.05, 4.69) is 16.3 Å². The van der Waals surface area contributed by atoms with Crippen LogP contribution in [0.2, 0.25) is 0 Å². The first kappa shape index (κ1) is 15.3. The van der Waals surface area contributed by atoms with Gasteiger partial charge in [0.05, 0.1) is 12.6 Å². The number of carbonyl (C=O) groups excluding carboxylic acids is 1. The topological polar surface area (TPSA) is 82.2 Å². The van der Waals surface area contributed by atoms with Crippen molar-refractivity contribution in [3.05, 3.63) is 0 Å². The highest BCUT2D eigenvalue weighted by Crippen LogP contribution is 2.29. The molecule has 1 aliphatic carbocycles. The maximum atomic E-state index is 12.2. The van der Waals surface area contributed by atoms with Gasteiger partial charge in [0, 0.05) is 6.04 Å². The molecule has 0 aromatic rings. The molecule has 1 atom stereocenters. The first-order valence-corrected chi connectivity index (χ1v) is 7.85. The van der Waals surface area contributed by atoms with Crippen LogP contribution in [0.1, 0.15) is 51.4 Å². The van der Waals surface area contributed by atoms with E-state index in [1.807, 2.05) is 0 Å². The highest BCUT2D eigenvalue weighted by atomic mass is 16.2. The molecule has 3 N–H and O–H groups in total. The van der Waals surface area contributed by atoms with Crippen LogP contribution in [0.4, 0.5) is 0 Å². The number of nitrogens with zero attached hydrogens (tertiary/aromatic N) is 2. The van der Waals surface area contributed by atoms with Crippen molar-refractivity contribution in [3.8, 4) is 6.07 Å². The molecule has 1 saturated heterocycles. The summed E-state index contributed by atoms with van der Waals surface area (Å²) in [5, 5.41) is 12.3. The molecule has 112 valence electrons. The summed E-state index contributed by atoms with van der Waals surface area (Å²) >= 11 is 0. The second kappa shape index (κ2) is 7.05. The third kappa shape index (κ3) is 3.71. The largest absolute Gasteiger partial charge is 0.337 e. The second-order valence-corrected chi connectivity index (χ2v) is 6.15. The van der Waals surface area contributed by atoms with Crippen molar-refractivity contribution in [1.29, 1.82) is 5.26 Å². The highest BCUT2D eigenvalue weighted by Gasteiger charge is 2.36. The van der Waals surface area contributed by atoms with Crippen molar-refractivity contribution in [1.82, 2.24) is 10.2 Å². The molecule has 5 nitrogen and oxygen atoms in total. The Morgan fingerprint density at radius 1 is 1.35 bits per heavy atom. The van der Waals surface area contributed by atoms with Crippen molar-refractivity contribution in [2.24, 2.45) is 5.73 Å². The van der Waals surface area contributed by atoms with Crippen molar-refractivity contribution >= 4 is 5.91 Å². The number of nitrogens with two attached hydrogens (primary N) is 1. The molecule has 2 rings (SSSR count). The molecule has 1 unspecified atom stereocenters. The molecule has 0 aromatic heterocycles. The number of hydrogen-bond donors (Lipinski definition) is 2. The molecule has 0 spiro atoms. The van der Waals surface area contributed by atoms with Gasteiger partial charge in [-0.3, -0.25) is 9.69 Å². The van der Waals surface area contributed by atoms with Crippen LogP contribution in [-0.4, -0.2) is 42.0 Å². The van der Waals surface area contributed by atoms with Gasteiger partial charge < -0.3 is 11.1 Å². The smallest absolute Gasteiger partial charge is 0.235 e. The van der Waals surface area contributed by atoms with Gasteiger partial charge in [-0.25, -0.2) is 0 Å². The number of nitriles is 1. The SMILES string of the molecule is N#CC1(NC(=O)CN2CCCCC2CCN)CCCC1. The minimum absolute atomic E-state index is 0.00243. The Labute approximate surface area is 121 Å². The quantitative estimate of drug-likeness (QED) is 0.790. The fourth-order valence-electron chi connectivity index (χ4n) is 3.52. The van der Waals surface area contributed by atoms with Gasteiger partial charge in [-0.1, -0.05) is 6.42 Å². The lowest BCUT2D eigenvalue weighted by Gasteiger charge is -2.35. The van der Waals surface area contributed by atoms with Gasteiger partial charge in [-0.15, -0.1) is 0 Å². The average molecular weight is 278 g/mol. The molecule has 20 heavy (non-hydrogen) atoms. The third-order valence-corrected chi connectivity index (χ3v) is 4.65. The van der Waals surface area contributed by atoms with Crippen LogP contribution >= 0.6 is 0 Å². The molecule has 1 heterocycles. The van der Waals surface area contributed by atoms with E-state index in [9.17, 15) is 10.1 Å².